The van der Waals surface area contributed by atoms with Gasteiger partial charge in [0.05, 0.1) is 5.41 Å². The first-order chi connectivity index (χ1) is 8.37. The maximum Gasteiger partial charge on any atom is 0.0635 e. The topological polar surface area (TPSA) is 0 Å². The van der Waals surface area contributed by atoms with E-state index in [-0.39, 0.29) is 5.41 Å². The van der Waals surface area contributed by atoms with E-state index in [0.717, 1.165) is 6.42 Å². The molecule has 2 unspecified atom stereocenters. The van der Waals surface area contributed by atoms with Crippen LogP contribution in [0.5, 0.6) is 0 Å². The summed E-state index contributed by atoms with van der Waals surface area (Å²) in [5.74, 6) is 3.50. The van der Waals surface area contributed by atoms with Gasteiger partial charge < -0.3 is 0 Å². The molecule has 82 valence electrons. The summed E-state index contributed by atoms with van der Waals surface area (Å²) in [6, 6.07) is 21.0. The average Bonchev–Trinajstić information content (AvgIpc) is 3.17. The molecule has 17 heavy (non-hydrogen) atoms. The lowest BCUT2D eigenvalue weighted by Gasteiger charge is -2.11. The summed E-state index contributed by atoms with van der Waals surface area (Å²) in [7, 11) is 0. The molecule has 0 aliphatic heterocycles. The van der Waals surface area contributed by atoms with Crippen molar-refractivity contribution in [2.45, 2.75) is 17.8 Å². The van der Waals surface area contributed by atoms with Crippen LogP contribution in [0.1, 0.15) is 23.5 Å². The van der Waals surface area contributed by atoms with Crippen molar-refractivity contribution >= 4 is 0 Å². The summed E-state index contributed by atoms with van der Waals surface area (Å²) in [4.78, 5) is 0. The first-order valence-corrected chi connectivity index (χ1v) is 5.95. The molecule has 3 rings (SSSR count). The molecule has 0 saturated heterocycles. The predicted molar refractivity (Wildman–Crippen MR) is 70.8 cm³/mol. The molecule has 0 spiro atoms. The van der Waals surface area contributed by atoms with Gasteiger partial charge in [-0.25, -0.2) is 0 Å². The molecular weight excluding hydrogens is 204 g/mol. The molecule has 2 aromatic carbocycles. The van der Waals surface area contributed by atoms with Crippen molar-refractivity contribution in [3.05, 3.63) is 71.8 Å². The number of terminal acetylenes is 1. The molecule has 0 nitrogen and oxygen atoms in total. The van der Waals surface area contributed by atoms with Crippen molar-refractivity contribution < 1.29 is 0 Å². The second-order valence-electron chi connectivity index (χ2n) is 4.65. The van der Waals surface area contributed by atoms with Gasteiger partial charge >= 0.3 is 0 Å². The lowest BCUT2D eigenvalue weighted by molar-refractivity contribution is 0.873. The highest BCUT2D eigenvalue weighted by Gasteiger charge is 2.54. The fraction of sp³-hybridized carbons (Fsp3) is 0.176. The predicted octanol–water partition coefficient (Wildman–Crippen LogP) is 3.75. The van der Waals surface area contributed by atoms with Crippen LogP contribution in [0.4, 0.5) is 0 Å². The highest BCUT2D eigenvalue weighted by molar-refractivity contribution is 5.50. The van der Waals surface area contributed by atoms with Gasteiger partial charge in [-0.1, -0.05) is 66.6 Å². The van der Waals surface area contributed by atoms with E-state index >= 15 is 0 Å². The summed E-state index contributed by atoms with van der Waals surface area (Å²) in [6.07, 6.45) is 6.85. The summed E-state index contributed by atoms with van der Waals surface area (Å²) >= 11 is 0. The fourth-order valence-electron chi connectivity index (χ4n) is 2.65. The Kier molecular flexibility index (Phi) is 2.27. The quantitative estimate of drug-likeness (QED) is 0.673. The number of hydrogen-bond acceptors (Lipinski definition) is 0. The summed E-state index contributed by atoms with van der Waals surface area (Å²) in [5.41, 5.74) is 2.56. The summed E-state index contributed by atoms with van der Waals surface area (Å²) < 4.78 is 0. The average molecular weight is 218 g/mol. The Morgan fingerprint density at radius 1 is 0.941 bits per heavy atom. The highest BCUT2D eigenvalue weighted by Crippen LogP contribution is 2.59. The molecule has 0 N–H and O–H groups in total. The van der Waals surface area contributed by atoms with Crippen LogP contribution >= 0.6 is 0 Å². The van der Waals surface area contributed by atoms with Crippen molar-refractivity contribution in [1.29, 1.82) is 0 Å². The Bertz CT molecular complexity index is 548. The molecule has 1 fully saturated rings. The zero-order chi connectivity index (χ0) is 11.7. The zero-order valence-electron chi connectivity index (χ0n) is 9.64. The normalized spacial score (nSPS) is 26.2. The molecule has 2 atom stereocenters. The van der Waals surface area contributed by atoms with Crippen molar-refractivity contribution in [1.82, 2.24) is 0 Å². The van der Waals surface area contributed by atoms with Crippen LogP contribution in [0, 0.1) is 12.3 Å². The van der Waals surface area contributed by atoms with Crippen LogP contribution in [0.3, 0.4) is 0 Å². The van der Waals surface area contributed by atoms with Gasteiger partial charge in [0.25, 0.3) is 0 Å². The van der Waals surface area contributed by atoms with E-state index in [9.17, 15) is 0 Å². The Balaban J connectivity index is 1.97. The van der Waals surface area contributed by atoms with Crippen LogP contribution in [0.25, 0.3) is 0 Å². The SMILES string of the molecule is C#CC1(c2ccccc2)CC1c1ccccc1. The Labute approximate surface area is 102 Å². The van der Waals surface area contributed by atoms with E-state index in [4.69, 9.17) is 6.42 Å². The molecule has 0 amide bonds. The van der Waals surface area contributed by atoms with Gasteiger partial charge in [-0.05, 0) is 17.5 Å². The molecule has 1 saturated carbocycles. The van der Waals surface area contributed by atoms with Gasteiger partial charge in [-0.2, -0.15) is 0 Å². The van der Waals surface area contributed by atoms with Crippen molar-refractivity contribution in [2.75, 3.05) is 0 Å². The Morgan fingerprint density at radius 2 is 1.53 bits per heavy atom. The van der Waals surface area contributed by atoms with Crippen LogP contribution in [0.2, 0.25) is 0 Å². The lowest BCUT2D eigenvalue weighted by Crippen LogP contribution is -2.05. The minimum atomic E-state index is -0.0669. The largest absolute Gasteiger partial charge is 0.119 e. The van der Waals surface area contributed by atoms with E-state index in [1.807, 2.05) is 12.1 Å². The van der Waals surface area contributed by atoms with E-state index in [2.05, 4.69) is 54.5 Å². The van der Waals surface area contributed by atoms with Crippen LogP contribution in [-0.4, -0.2) is 0 Å². The Hall–Kier alpha value is -2.00. The molecule has 0 bridgehead atoms. The number of hydrogen-bond donors (Lipinski definition) is 0. The van der Waals surface area contributed by atoms with Crippen molar-refractivity contribution in [3.8, 4) is 12.3 Å². The monoisotopic (exact) mass is 218 g/mol. The molecule has 0 heteroatoms. The van der Waals surface area contributed by atoms with Gasteiger partial charge in [0.1, 0.15) is 0 Å². The van der Waals surface area contributed by atoms with Crippen molar-refractivity contribution in [2.24, 2.45) is 0 Å². The fourth-order valence-corrected chi connectivity index (χ4v) is 2.65. The first-order valence-electron chi connectivity index (χ1n) is 5.95. The Morgan fingerprint density at radius 3 is 2.12 bits per heavy atom. The van der Waals surface area contributed by atoms with Crippen LogP contribution in [0.15, 0.2) is 60.7 Å². The third kappa shape index (κ3) is 1.56. The minimum absolute atomic E-state index is 0.0669. The summed E-state index contributed by atoms with van der Waals surface area (Å²) in [6.45, 7) is 0. The van der Waals surface area contributed by atoms with E-state index in [0.29, 0.717) is 5.92 Å². The summed E-state index contributed by atoms with van der Waals surface area (Å²) in [5, 5.41) is 0. The molecule has 2 aromatic rings. The third-order valence-corrected chi connectivity index (χ3v) is 3.71. The van der Waals surface area contributed by atoms with Gasteiger partial charge in [0, 0.05) is 5.92 Å². The van der Waals surface area contributed by atoms with Crippen LogP contribution in [-0.2, 0) is 5.41 Å². The number of benzene rings is 2. The van der Waals surface area contributed by atoms with Gasteiger partial charge in [0.2, 0.25) is 0 Å². The van der Waals surface area contributed by atoms with Gasteiger partial charge in [-0.15, -0.1) is 6.42 Å². The molecule has 1 aliphatic rings. The van der Waals surface area contributed by atoms with E-state index < -0.39 is 0 Å². The standard InChI is InChI=1S/C17H14/c1-2-17(15-11-7-4-8-12-15)13-16(17)14-9-5-3-6-10-14/h1,3-12,16H,13H2. The van der Waals surface area contributed by atoms with Gasteiger partial charge in [-0.3, -0.25) is 0 Å². The smallest absolute Gasteiger partial charge is 0.0635 e. The molecule has 0 radical (unpaired) electrons. The van der Waals surface area contributed by atoms with Gasteiger partial charge in [0.15, 0.2) is 0 Å². The molecular formula is C17H14. The van der Waals surface area contributed by atoms with E-state index in [1.54, 1.807) is 0 Å². The highest BCUT2D eigenvalue weighted by atomic mass is 14.5. The number of rotatable bonds is 2. The maximum absolute atomic E-state index is 5.78. The maximum atomic E-state index is 5.78. The molecule has 0 heterocycles. The second-order valence-corrected chi connectivity index (χ2v) is 4.65. The van der Waals surface area contributed by atoms with Crippen molar-refractivity contribution in [3.63, 3.8) is 0 Å². The van der Waals surface area contributed by atoms with Crippen LogP contribution < -0.4 is 0 Å². The zero-order valence-corrected chi connectivity index (χ0v) is 9.64. The first kappa shape index (κ1) is 10.2. The lowest BCUT2D eigenvalue weighted by atomic mass is 9.92. The van der Waals surface area contributed by atoms with E-state index in [1.165, 1.54) is 11.1 Å². The molecule has 0 aromatic heterocycles. The molecule has 1 aliphatic carbocycles. The second kappa shape index (κ2) is 3.79. The minimum Gasteiger partial charge on any atom is -0.119 e. The third-order valence-electron chi connectivity index (χ3n) is 3.71.